The average molecular weight is 511 g/mol. The summed E-state index contributed by atoms with van der Waals surface area (Å²) in [4.78, 5) is 45.4. The van der Waals surface area contributed by atoms with Crippen LogP contribution in [0.3, 0.4) is 0 Å². The molecular formula is C31H34N4O3. The van der Waals surface area contributed by atoms with Crippen molar-refractivity contribution < 1.29 is 14.4 Å². The Morgan fingerprint density at radius 3 is 2.16 bits per heavy atom. The number of nitrogens with zero attached hydrogens (tertiary/aromatic N) is 3. The number of carbonyl (C=O) groups excluding carboxylic acids is 3. The molecule has 2 fully saturated rings. The van der Waals surface area contributed by atoms with Crippen LogP contribution in [0.1, 0.15) is 34.3 Å². The Morgan fingerprint density at radius 1 is 0.868 bits per heavy atom. The van der Waals surface area contributed by atoms with Crippen LogP contribution < -0.4 is 10.2 Å². The van der Waals surface area contributed by atoms with E-state index in [1.807, 2.05) is 96.8 Å². The number of benzene rings is 3. The number of nitrogens with one attached hydrogen (secondary N) is 1. The van der Waals surface area contributed by atoms with E-state index in [1.165, 1.54) is 0 Å². The van der Waals surface area contributed by atoms with Crippen LogP contribution in [0.4, 0.5) is 5.69 Å². The fraction of sp³-hybridized carbons (Fsp3) is 0.323. The molecule has 2 aliphatic rings. The van der Waals surface area contributed by atoms with Gasteiger partial charge in [-0.1, -0.05) is 66.2 Å². The van der Waals surface area contributed by atoms with Gasteiger partial charge >= 0.3 is 0 Å². The molecule has 5 rings (SSSR count). The van der Waals surface area contributed by atoms with Crippen LogP contribution in [0.2, 0.25) is 0 Å². The van der Waals surface area contributed by atoms with Crippen molar-refractivity contribution in [3.63, 3.8) is 0 Å². The standard InChI is InChI=1S/C31H34N4O3/c1-24-12-14-26(15-13-24)29(37)33-20-17-31(18-21-33)30(38)34(23-35(31)27-10-6-3-7-11-27)22-28(36)32-19-16-25-8-4-2-5-9-25/h2-15H,16-23H2,1H3,(H,32,36). The first-order valence-electron chi connectivity index (χ1n) is 13.2. The summed E-state index contributed by atoms with van der Waals surface area (Å²) in [7, 11) is 0. The van der Waals surface area contributed by atoms with E-state index in [-0.39, 0.29) is 24.3 Å². The lowest BCUT2D eigenvalue weighted by molar-refractivity contribution is -0.137. The average Bonchev–Trinajstić information content (AvgIpc) is 3.20. The highest BCUT2D eigenvalue weighted by molar-refractivity contribution is 5.97. The van der Waals surface area contributed by atoms with E-state index in [2.05, 4.69) is 10.2 Å². The van der Waals surface area contributed by atoms with Gasteiger partial charge < -0.3 is 20.0 Å². The maximum Gasteiger partial charge on any atom is 0.253 e. The van der Waals surface area contributed by atoms with Crippen LogP contribution in [-0.4, -0.2) is 65.9 Å². The lowest BCUT2D eigenvalue weighted by atomic mass is 9.85. The van der Waals surface area contributed by atoms with Crippen LogP contribution in [0, 0.1) is 6.92 Å². The van der Waals surface area contributed by atoms with Gasteiger partial charge in [0.2, 0.25) is 5.91 Å². The Balaban J connectivity index is 1.27. The summed E-state index contributed by atoms with van der Waals surface area (Å²) in [6.45, 7) is 3.86. The number of hydrogen-bond donors (Lipinski definition) is 1. The zero-order chi connectivity index (χ0) is 26.5. The molecule has 2 saturated heterocycles. The first-order chi connectivity index (χ1) is 18.5. The summed E-state index contributed by atoms with van der Waals surface area (Å²) in [5, 5.41) is 2.96. The van der Waals surface area contributed by atoms with E-state index in [0.717, 1.165) is 23.2 Å². The molecule has 3 aromatic rings. The van der Waals surface area contributed by atoms with Crippen LogP contribution >= 0.6 is 0 Å². The monoisotopic (exact) mass is 510 g/mol. The van der Waals surface area contributed by atoms with Crippen LogP contribution in [0.5, 0.6) is 0 Å². The minimum absolute atomic E-state index is 0.00814. The quantitative estimate of drug-likeness (QED) is 0.527. The number of hydrogen-bond acceptors (Lipinski definition) is 4. The summed E-state index contributed by atoms with van der Waals surface area (Å²) in [5.74, 6) is -0.209. The van der Waals surface area contributed by atoms with Gasteiger partial charge in [0.25, 0.3) is 11.8 Å². The molecule has 7 heteroatoms. The molecule has 38 heavy (non-hydrogen) atoms. The number of amides is 3. The first kappa shape index (κ1) is 25.5. The predicted octanol–water partition coefficient (Wildman–Crippen LogP) is 3.64. The van der Waals surface area contributed by atoms with Gasteiger partial charge in [0.05, 0.1) is 6.67 Å². The van der Waals surface area contributed by atoms with E-state index in [4.69, 9.17) is 0 Å². The molecule has 0 bridgehead atoms. The second-order valence-electron chi connectivity index (χ2n) is 10.2. The van der Waals surface area contributed by atoms with E-state index in [9.17, 15) is 14.4 Å². The van der Waals surface area contributed by atoms with Crippen molar-refractivity contribution in [3.05, 3.63) is 102 Å². The number of likely N-dealkylation sites (tertiary alicyclic amines) is 1. The smallest absolute Gasteiger partial charge is 0.253 e. The van der Waals surface area contributed by atoms with E-state index in [1.54, 1.807) is 4.90 Å². The minimum Gasteiger partial charge on any atom is -0.354 e. The number of para-hydroxylation sites is 1. The predicted molar refractivity (Wildman–Crippen MR) is 148 cm³/mol. The van der Waals surface area contributed by atoms with Gasteiger partial charge in [0.15, 0.2) is 0 Å². The highest BCUT2D eigenvalue weighted by Crippen LogP contribution is 2.39. The number of aryl methyl sites for hydroxylation is 1. The normalized spacial score (nSPS) is 16.7. The van der Waals surface area contributed by atoms with Crippen LogP contribution in [0.15, 0.2) is 84.9 Å². The lowest BCUT2D eigenvalue weighted by Gasteiger charge is -2.43. The Labute approximate surface area is 224 Å². The van der Waals surface area contributed by atoms with Gasteiger partial charge in [-0.05, 0) is 56.0 Å². The lowest BCUT2D eigenvalue weighted by Crippen LogP contribution is -2.57. The Hall–Kier alpha value is -4.13. The molecule has 1 N–H and O–H groups in total. The van der Waals surface area contributed by atoms with E-state index < -0.39 is 5.54 Å². The molecule has 2 heterocycles. The molecule has 1 spiro atoms. The van der Waals surface area contributed by atoms with Crippen LogP contribution in [0.25, 0.3) is 0 Å². The molecule has 3 aromatic carbocycles. The fourth-order valence-electron chi connectivity index (χ4n) is 5.50. The zero-order valence-electron chi connectivity index (χ0n) is 21.8. The molecule has 2 aliphatic heterocycles. The van der Waals surface area contributed by atoms with Gasteiger partial charge in [-0.25, -0.2) is 0 Å². The summed E-state index contributed by atoms with van der Waals surface area (Å²) >= 11 is 0. The maximum atomic E-state index is 13.9. The third-order valence-corrected chi connectivity index (χ3v) is 7.67. The summed E-state index contributed by atoms with van der Waals surface area (Å²) in [6, 6.07) is 27.5. The highest BCUT2D eigenvalue weighted by atomic mass is 16.2. The minimum atomic E-state index is -0.768. The van der Waals surface area contributed by atoms with Gasteiger partial charge in [0, 0.05) is 30.9 Å². The number of anilines is 1. The van der Waals surface area contributed by atoms with Crippen LogP contribution in [-0.2, 0) is 16.0 Å². The molecule has 0 unspecified atom stereocenters. The van der Waals surface area contributed by atoms with E-state index in [0.29, 0.717) is 44.7 Å². The SMILES string of the molecule is Cc1ccc(C(=O)N2CCC3(CC2)C(=O)N(CC(=O)NCCc2ccccc2)CN3c2ccccc2)cc1. The van der Waals surface area contributed by atoms with Crippen molar-refractivity contribution >= 4 is 23.4 Å². The van der Waals surface area contributed by atoms with Gasteiger partial charge in [0.1, 0.15) is 12.1 Å². The van der Waals surface area contributed by atoms with Crippen molar-refractivity contribution in [2.75, 3.05) is 37.7 Å². The molecule has 196 valence electrons. The number of piperidine rings is 1. The maximum absolute atomic E-state index is 13.9. The van der Waals surface area contributed by atoms with Gasteiger partial charge in [-0.3, -0.25) is 14.4 Å². The summed E-state index contributed by atoms with van der Waals surface area (Å²) in [5.41, 5.74) is 3.11. The van der Waals surface area contributed by atoms with Gasteiger partial charge in [-0.15, -0.1) is 0 Å². The van der Waals surface area contributed by atoms with Crippen molar-refractivity contribution in [1.29, 1.82) is 0 Å². The van der Waals surface area contributed by atoms with Crippen molar-refractivity contribution in [2.45, 2.75) is 31.7 Å². The summed E-state index contributed by atoms with van der Waals surface area (Å²) in [6.07, 6.45) is 1.78. The first-order valence-corrected chi connectivity index (χ1v) is 13.2. The molecular weight excluding hydrogens is 476 g/mol. The molecule has 7 nitrogen and oxygen atoms in total. The largest absolute Gasteiger partial charge is 0.354 e. The van der Waals surface area contributed by atoms with Crippen molar-refractivity contribution in [2.24, 2.45) is 0 Å². The molecule has 3 amide bonds. The molecule has 0 aromatic heterocycles. The zero-order valence-corrected chi connectivity index (χ0v) is 21.8. The molecule has 0 saturated carbocycles. The highest BCUT2D eigenvalue weighted by Gasteiger charge is 2.54. The Morgan fingerprint density at radius 2 is 1.50 bits per heavy atom. The van der Waals surface area contributed by atoms with E-state index >= 15 is 0 Å². The second-order valence-corrected chi connectivity index (χ2v) is 10.2. The van der Waals surface area contributed by atoms with Crippen molar-refractivity contribution in [1.82, 2.24) is 15.1 Å². The molecule has 0 radical (unpaired) electrons. The topological polar surface area (TPSA) is 73.0 Å². The third-order valence-electron chi connectivity index (χ3n) is 7.67. The molecule has 0 atom stereocenters. The van der Waals surface area contributed by atoms with Crippen molar-refractivity contribution in [3.8, 4) is 0 Å². The summed E-state index contributed by atoms with van der Waals surface area (Å²) < 4.78 is 0. The van der Waals surface area contributed by atoms with Gasteiger partial charge in [-0.2, -0.15) is 0 Å². The molecule has 0 aliphatic carbocycles. The number of rotatable bonds is 7. The Kier molecular flexibility index (Phi) is 7.45. The second kappa shape index (κ2) is 11.1. The Bertz CT molecular complexity index is 1270. The number of carbonyl (C=O) groups is 3. The fourth-order valence-corrected chi connectivity index (χ4v) is 5.50. The third kappa shape index (κ3) is 5.28.